The number of hydrogen-bond acceptors (Lipinski definition) is 2. The summed E-state index contributed by atoms with van der Waals surface area (Å²) >= 11 is 8.94. The molecule has 0 radical (unpaired) electrons. The van der Waals surface area contributed by atoms with Gasteiger partial charge in [-0.15, -0.1) is 11.6 Å². The molecule has 2 aromatic rings. The molecule has 0 aliphatic heterocycles. The maximum absolute atomic E-state index is 5.58. The third kappa shape index (κ3) is 1.23. The van der Waals surface area contributed by atoms with Crippen LogP contribution in [-0.4, -0.2) is 4.98 Å². The Hall–Kier alpha value is -0.540. The molecule has 0 saturated heterocycles. The molecule has 0 amide bonds. The molecule has 2 rings (SSSR count). The fourth-order valence-electron chi connectivity index (χ4n) is 1.02. The molecule has 1 aromatic heterocycles. The number of nitrogens with zero attached hydrogens (tertiary/aromatic N) is 1. The van der Waals surface area contributed by atoms with Crippen molar-refractivity contribution in [2.24, 2.45) is 0 Å². The summed E-state index contributed by atoms with van der Waals surface area (Å²) in [6, 6.07) is 5.71. The van der Waals surface area contributed by atoms with E-state index >= 15 is 0 Å². The van der Waals surface area contributed by atoms with E-state index in [0.717, 1.165) is 15.6 Å². The molecule has 0 saturated carbocycles. The predicted molar refractivity (Wildman–Crippen MR) is 51.3 cm³/mol. The summed E-state index contributed by atoms with van der Waals surface area (Å²) in [4.78, 5) is 4.16. The van der Waals surface area contributed by atoms with Crippen molar-refractivity contribution in [3.63, 3.8) is 0 Å². The van der Waals surface area contributed by atoms with Crippen LogP contribution in [0.2, 0.25) is 0 Å². The van der Waals surface area contributed by atoms with E-state index in [2.05, 4.69) is 20.9 Å². The minimum Gasteiger partial charge on any atom is -0.438 e. The number of benzene rings is 1. The minimum atomic E-state index is 0.307. The first kappa shape index (κ1) is 8.08. The summed E-state index contributed by atoms with van der Waals surface area (Å²) < 4.78 is 6.26. The number of oxazole rings is 1. The fraction of sp³-hybridized carbons (Fsp3) is 0.125. The summed E-state index contributed by atoms with van der Waals surface area (Å²) in [5, 5.41) is 0. The Kier molecular flexibility index (Phi) is 2.07. The quantitative estimate of drug-likeness (QED) is 0.721. The zero-order valence-electron chi connectivity index (χ0n) is 6.05. The van der Waals surface area contributed by atoms with Crippen LogP contribution in [-0.2, 0) is 5.88 Å². The molecule has 12 heavy (non-hydrogen) atoms. The van der Waals surface area contributed by atoms with Gasteiger partial charge in [0.25, 0.3) is 0 Å². The summed E-state index contributed by atoms with van der Waals surface area (Å²) in [6.45, 7) is 0. The van der Waals surface area contributed by atoms with Crippen LogP contribution in [0, 0.1) is 0 Å². The van der Waals surface area contributed by atoms with Crippen molar-refractivity contribution in [3.8, 4) is 0 Å². The first-order chi connectivity index (χ1) is 5.81. The van der Waals surface area contributed by atoms with Gasteiger partial charge in [0.15, 0.2) is 5.58 Å². The van der Waals surface area contributed by atoms with Gasteiger partial charge in [-0.3, -0.25) is 0 Å². The zero-order valence-corrected chi connectivity index (χ0v) is 8.39. The third-order valence-electron chi connectivity index (χ3n) is 1.53. The lowest BCUT2D eigenvalue weighted by Gasteiger charge is -1.87. The highest BCUT2D eigenvalue weighted by Gasteiger charge is 2.06. The van der Waals surface area contributed by atoms with Gasteiger partial charge in [-0.2, -0.15) is 0 Å². The molecule has 0 bridgehead atoms. The molecule has 62 valence electrons. The molecule has 1 aromatic carbocycles. The monoisotopic (exact) mass is 245 g/mol. The standard InChI is InChI=1S/C8H5BrClNO/c9-5-2-1-3-6-8(5)12-7(4-10)11-6/h1-3H,4H2. The number of halogens is 2. The number of fused-ring (bicyclic) bond motifs is 1. The van der Waals surface area contributed by atoms with Crippen LogP contribution in [0.5, 0.6) is 0 Å². The van der Waals surface area contributed by atoms with Crippen molar-refractivity contribution >= 4 is 38.6 Å². The van der Waals surface area contributed by atoms with E-state index in [1.54, 1.807) is 0 Å². The number of para-hydroxylation sites is 1. The van der Waals surface area contributed by atoms with Crippen LogP contribution in [0.4, 0.5) is 0 Å². The average Bonchev–Trinajstić information content (AvgIpc) is 2.49. The van der Waals surface area contributed by atoms with Gasteiger partial charge in [0.1, 0.15) is 5.52 Å². The van der Waals surface area contributed by atoms with Gasteiger partial charge in [0.2, 0.25) is 5.89 Å². The lowest BCUT2D eigenvalue weighted by Crippen LogP contribution is -1.72. The Bertz CT molecular complexity index is 412. The molecule has 0 spiro atoms. The van der Waals surface area contributed by atoms with E-state index in [0.29, 0.717) is 11.8 Å². The Balaban J connectivity index is 2.74. The Morgan fingerprint density at radius 3 is 3.00 bits per heavy atom. The van der Waals surface area contributed by atoms with Gasteiger partial charge in [-0.25, -0.2) is 4.98 Å². The van der Waals surface area contributed by atoms with E-state index < -0.39 is 0 Å². The van der Waals surface area contributed by atoms with Gasteiger partial charge in [-0.1, -0.05) is 6.07 Å². The molecular weight excluding hydrogens is 241 g/mol. The minimum absolute atomic E-state index is 0.307. The maximum Gasteiger partial charge on any atom is 0.210 e. The summed E-state index contributed by atoms with van der Waals surface area (Å²) in [7, 11) is 0. The Morgan fingerprint density at radius 2 is 2.33 bits per heavy atom. The van der Waals surface area contributed by atoms with Crippen LogP contribution in [0.25, 0.3) is 11.1 Å². The summed E-state index contributed by atoms with van der Waals surface area (Å²) in [6.07, 6.45) is 0. The van der Waals surface area contributed by atoms with E-state index in [-0.39, 0.29) is 0 Å². The normalized spacial score (nSPS) is 10.8. The second-order valence-electron chi connectivity index (χ2n) is 2.33. The molecule has 0 aliphatic rings. The average molecular weight is 246 g/mol. The fourth-order valence-corrected chi connectivity index (χ4v) is 1.57. The van der Waals surface area contributed by atoms with Crippen LogP contribution in [0.15, 0.2) is 27.1 Å². The number of aromatic nitrogens is 1. The molecule has 0 unspecified atom stereocenters. The molecule has 4 heteroatoms. The van der Waals surface area contributed by atoms with Gasteiger partial charge in [0, 0.05) is 0 Å². The highest BCUT2D eigenvalue weighted by molar-refractivity contribution is 9.10. The molecular formula is C8H5BrClNO. The van der Waals surface area contributed by atoms with Gasteiger partial charge in [0.05, 0.1) is 10.4 Å². The van der Waals surface area contributed by atoms with Gasteiger partial charge >= 0.3 is 0 Å². The van der Waals surface area contributed by atoms with E-state index in [1.807, 2.05) is 18.2 Å². The maximum atomic E-state index is 5.58. The lowest BCUT2D eigenvalue weighted by molar-refractivity contribution is 0.553. The van der Waals surface area contributed by atoms with Crippen LogP contribution in [0.3, 0.4) is 0 Å². The second kappa shape index (κ2) is 3.07. The van der Waals surface area contributed by atoms with E-state index in [1.165, 1.54) is 0 Å². The van der Waals surface area contributed by atoms with Crippen LogP contribution < -0.4 is 0 Å². The Labute approximate surface area is 82.7 Å². The van der Waals surface area contributed by atoms with Crippen LogP contribution in [0.1, 0.15) is 5.89 Å². The SMILES string of the molecule is ClCc1nc2cccc(Br)c2o1. The van der Waals surface area contributed by atoms with E-state index in [4.69, 9.17) is 16.0 Å². The van der Waals surface area contributed by atoms with Crippen molar-refractivity contribution in [1.82, 2.24) is 4.98 Å². The first-order valence-electron chi connectivity index (χ1n) is 3.41. The highest BCUT2D eigenvalue weighted by Crippen LogP contribution is 2.24. The molecule has 2 nitrogen and oxygen atoms in total. The van der Waals surface area contributed by atoms with Crippen molar-refractivity contribution in [3.05, 3.63) is 28.6 Å². The molecule has 1 heterocycles. The topological polar surface area (TPSA) is 26.0 Å². The van der Waals surface area contributed by atoms with E-state index in [9.17, 15) is 0 Å². The number of hydrogen-bond donors (Lipinski definition) is 0. The molecule has 0 aliphatic carbocycles. The number of alkyl halides is 1. The number of rotatable bonds is 1. The van der Waals surface area contributed by atoms with Crippen molar-refractivity contribution in [2.75, 3.05) is 0 Å². The highest BCUT2D eigenvalue weighted by atomic mass is 79.9. The van der Waals surface area contributed by atoms with Crippen molar-refractivity contribution in [2.45, 2.75) is 5.88 Å². The van der Waals surface area contributed by atoms with Gasteiger partial charge in [-0.05, 0) is 28.1 Å². The Morgan fingerprint density at radius 1 is 1.50 bits per heavy atom. The lowest BCUT2D eigenvalue weighted by atomic mass is 10.3. The second-order valence-corrected chi connectivity index (χ2v) is 3.45. The molecule has 0 atom stereocenters. The van der Waals surface area contributed by atoms with Crippen molar-refractivity contribution < 1.29 is 4.42 Å². The molecule has 0 fully saturated rings. The smallest absolute Gasteiger partial charge is 0.210 e. The van der Waals surface area contributed by atoms with Gasteiger partial charge < -0.3 is 4.42 Å². The molecule has 0 N–H and O–H groups in total. The summed E-state index contributed by atoms with van der Waals surface area (Å²) in [5.41, 5.74) is 1.59. The largest absolute Gasteiger partial charge is 0.438 e. The summed E-state index contributed by atoms with van der Waals surface area (Å²) in [5.74, 6) is 0.861. The predicted octanol–water partition coefficient (Wildman–Crippen LogP) is 3.33. The van der Waals surface area contributed by atoms with Crippen molar-refractivity contribution in [1.29, 1.82) is 0 Å². The third-order valence-corrected chi connectivity index (χ3v) is 2.38. The first-order valence-corrected chi connectivity index (χ1v) is 4.74. The van der Waals surface area contributed by atoms with Crippen LogP contribution >= 0.6 is 27.5 Å². The zero-order chi connectivity index (χ0) is 8.55.